The molecule has 0 aliphatic carbocycles. The molecule has 1 aromatic rings. The Morgan fingerprint density at radius 2 is 2.15 bits per heavy atom. The number of benzene rings is 1. The fraction of sp³-hybridized carbons (Fsp3) is 0.368. The number of phenolic OH excluding ortho intramolecular Hbond substituents is 1. The standard InChI is InChI=1S/C19H22N2O5/c1-5-24-19(23)16-11(4)26-18(21)14(9-20)17(16)13-7-6-12(8-15(13)22)25-10(2)3/h6-8,10,17,22H,5,21H2,1-4H3. The molecule has 0 saturated heterocycles. The number of phenols is 1. The van der Waals surface area contributed by atoms with E-state index in [0.29, 0.717) is 11.3 Å². The number of carbonyl (C=O) groups excluding carboxylic acids is 1. The Kier molecular flexibility index (Phi) is 5.78. The second-order valence-corrected chi connectivity index (χ2v) is 6.00. The van der Waals surface area contributed by atoms with Crippen molar-refractivity contribution in [2.75, 3.05) is 6.61 Å². The van der Waals surface area contributed by atoms with Crippen molar-refractivity contribution in [3.8, 4) is 17.6 Å². The molecule has 0 bridgehead atoms. The van der Waals surface area contributed by atoms with Gasteiger partial charge < -0.3 is 25.1 Å². The van der Waals surface area contributed by atoms with E-state index < -0.39 is 11.9 Å². The lowest BCUT2D eigenvalue weighted by Gasteiger charge is -2.27. The summed E-state index contributed by atoms with van der Waals surface area (Å²) in [5.41, 5.74) is 6.34. The van der Waals surface area contributed by atoms with E-state index in [1.165, 1.54) is 6.07 Å². The van der Waals surface area contributed by atoms with Gasteiger partial charge in [-0.15, -0.1) is 0 Å². The van der Waals surface area contributed by atoms with Crippen LogP contribution in [0.3, 0.4) is 0 Å². The molecule has 0 aromatic heterocycles. The number of carbonyl (C=O) groups is 1. The third kappa shape index (κ3) is 3.75. The first-order valence-electron chi connectivity index (χ1n) is 8.25. The minimum Gasteiger partial charge on any atom is -0.507 e. The van der Waals surface area contributed by atoms with Crippen molar-refractivity contribution in [3.05, 3.63) is 46.6 Å². The van der Waals surface area contributed by atoms with Crippen molar-refractivity contribution in [1.82, 2.24) is 0 Å². The number of aromatic hydroxyl groups is 1. The fourth-order valence-corrected chi connectivity index (χ4v) is 2.78. The summed E-state index contributed by atoms with van der Waals surface area (Å²) in [5.74, 6) is -1.04. The lowest BCUT2D eigenvalue weighted by Crippen LogP contribution is -2.25. The van der Waals surface area contributed by atoms with Crippen LogP contribution in [0.1, 0.15) is 39.2 Å². The number of esters is 1. The normalized spacial score (nSPS) is 17.0. The minimum atomic E-state index is -0.888. The molecule has 2 rings (SSSR count). The highest BCUT2D eigenvalue weighted by molar-refractivity contribution is 5.92. The van der Waals surface area contributed by atoms with Gasteiger partial charge in [-0.1, -0.05) is 6.07 Å². The molecule has 138 valence electrons. The number of rotatable bonds is 5. The maximum Gasteiger partial charge on any atom is 0.338 e. The average Bonchev–Trinajstić information content (AvgIpc) is 2.54. The summed E-state index contributed by atoms with van der Waals surface area (Å²) in [6.45, 7) is 7.14. The van der Waals surface area contributed by atoms with Gasteiger partial charge >= 0.3 is 5.97 Å². The lowest BCUT2D eigenvalue weighted by atomic mass is 9.82. The molecule has 0 fully saturated rings. The maximum absolute atomic E-state index is 12.4. The molecule has 0 spiro atoms. The van der Waals surface area contributed by atoms with Gasteiger partial charge in [0, 0.05) is 11.6 Å². The van der Waals surface area contributed by atoms with Gasteiger partial charge in [-0.25, -0.2) is 4.79 Å². The SMILES string of the molecule is CCOC(=O)C1=C(C)OC(N)=C(C#N)C1c1ccc(OC(C)C)cc1O. The van der Waals surface area contributed by atoms with Gasteiger partial charge in [0.25, 0.3) is 0 Å². The Morgan fingerprint density at radius 1 is 1.46 bits per heavy atom. The molecule has 1 aliphatic rings. The van der Waals surface area contributed by atoms with Crippen LogP contribution in [0.2, 0.25) is 0 Å². The molecule has 1 atom stereocenters. The number of hydrogen-bond acceptors (Lipinski definition) is 7. The van der Waals surface area contributed by atoms with Gasteiger partial charge in [-0.05, 0) is 33.8 Å². The summed E-state index contributed by atoms with van der Waals surface area (Å²) < 4.78 is 16.0. The molecule has 1 aromatic carbocycles. The van der Waals surface area contributed by atoms with E-state index >= 15 is 0 Å². The minimum absolute atomic E-state index is 0.0338. The van der Waals surface area contributed by atoms with E-state index in [-0.39, 0.29) is 41.2 Å². The smallest absolute Gasteiger partial charge is 0.338 e. The molecule has 0 radical (unpaired) electrons. The fourth-order valence-electron chi connectivity index (χ4n) is 2.78. The van der Waals surface area contributed by atoms with Crippen LogP contribution in [-0.2, 0) is 14.3 Å². The van der Waals surface area contributed by atoms with E-state index in [9.17, 15) is 15.2 Å². The first-order valence-corrected chi connectivity index (χ1v) is 8.25. The maximum atomic E-state index is 12.4. The van der Waals surface area contributed by atoms with Crippen molar-refractivity contribution in [2.45, 2.75) is 39.7 Å². The molecule has 1 heterocycles. The lowest BCUT2D eigenvalue weighted by molar-refractivity contribution is -0.139. The second-order valence-electron chi connectivity index (χ2n) is 6.00. The van der Waals surface area contributed by atoms with E-state index in [4.69, 9.17) is 19.9 Å². The highest BCUT2D eigenvalue weighted by Crippen LogP contribution is 2.43. The predicted octanol–water partition coefficient (Wildman–Crippen LogP) is 2.82. The highest BCUT2D eigenvalue weighted by Gasteiger charge is 2.37. The molecular weight excluding hydrogens is 336 g/mol. The van der Waals surface area contributed by atoms with Crippen LogP contribution < -0.4 is 10.5 Å². The first-order chi connectivity index (χ1) is 12.3. The zero-order valence-electron chi connectivity index (χ0n) is 15.2. The highest BCUT2D eigenvalue weighted by atomic mass is 16.5. The zero-order chi connectivity index (χ0) is 19.4. The quantitative estimate of drug-likeness (QED) is 0.778. The van der Waals surface area contributed by atoms with Crippen LogP contribution in [0.15, 0.2) is 41.0 Å². The number of nitrogens with two attached hydrogens (primary N) is 1. The molecule has 26 heavy (non-hydrogen) atoms. The van der Waals surface area contributed by atoms with E-state index in [2.05, 4.69) is 0 Å². The van der Waals surface area contributed by atoms with Crippen LogP contribution in [0, 0.1) is 11.3 Å². The van der Waals surface area contributed by atoms with Crippen molar-refractivity contribution in [2.24, 2.45) is 5.73 Å². The van der Waals surface area contributed by atoms with E-state index in [0.717, 1.165) is 0 Å². The van der Waals surface area contributed by atoms with Crippen LogP contribution in [0.25, 0.3) is 0 Å². The van der Waals surface area contributed by atoms with E-state index in [1.54, 1.807) is 26.0 Å². The molecule has 7 heteroatoms. The predicted molar refractivity (Wildman–Crippen MR) is 93.9 cm³/mol. The van der Waals surface area contributed by atoms with Crippen molar-refractivity contribution >= 4 is 5.97 Å². The molecule has 3 N–H and O–H groups in total. The molecule has 0 saturated carbocycles. The monoisotopic (exact) mass is 358 g/mol. The van der Waals surface area contributed by atoms with Crippen molar-refractivity contribution in [1.29, 1.82) is 5.26 Å². The Balaban J connectivity index is 2.58. The Bertz CT molecular complexity index is 818. The molecular formula is C19H22N2O5. The van der Waals surface area contributed by atoms with Crippen LogP contribution >= 0.6 is 0 Å². The van der Waals surface area contributed by atoms with Gasteiger partial charge in [-0.2, -0.15) is 5.26 Å². The topological polar surface area (TPSA) is 115 Å². The number of allylic oxidation sites excluding steroid dienone is 2. The number of nitrogens with zero attached hydrogens (tertiary/aromatic N) is 1. The summed E-state index contributed by atoms with van der Waals surface area (Å²) in [6, 6.07) is 6.67. The van der Waals surface area contributed by atoms with Crippen LogP contribution in [-0.4, -0.2) is 23.8 Å². The van der Waals surface area contributed by atoms with Crippen LogP contribution in [0.4, 0.5) is 0 Å². The summed E-state index contributed by atoms with van der Waals surface area (Å²) >= 11 is 0. The molecule has 0 amide bonds. The zero-order valence-corrected chi connectivity index (χ0v) is 15.2. The van der Waals surface area contributed by atoms with Gasteiger partial charge in [0.2, 0.25) is 5.88 Å². The summed E-state index contributed by atoms with van der Waals surface area (Å²) in [5, 5.41) is 20.0. The Morgan fingerprint density at radius 3 is 2.69 bits per heavy atom. The third-order valence-electron chi connectivity index (χ3n) is 3.79. The Labute approximate surface area is 152 Å². The largest absolute Gasteiger partial charge is 0.507 e. The van der Waals surface area contributed by atoms with Crippen molar-refractivity contribution in [3.63, 3.8) is 0 Å². The summed E-state index contributed by atoms with van der Waals surface area (Å²) in [4.78, 5) is 12.4. The number of nitriles is 1. The molecule has 1 aliphatic heterocycles. The number of hydrogen-bond donors (Lipinski definition) is 2. The van der Waals surface area contributed by atoms with Gasteiger partial charge in [0.1, 0.15) is 28.9 Å². The van der Waals surface area contributed by atoms with Gasteiger partial charge in [0.15, 0.2) is 0 Å². The number of ether oxygens (including phenoxy) is 3. The second kappa shape index (κ2) is 7.83. The third-order valence-corrected chi connectivity index (χ3v) is 3.79. The van der Waals surface area contributed by atoms with Crippen LogP contribution in [0.5, 0.6) is 11.5 Å². The molecule has 1 unspecified atom stereocenters. The van der Waals surface area contributed by atoms with Gasteiger partial charge in [0.05, 0.1) is 24.2 Å². The average molecular weight is 358 g/mol. The van der Waals surface area contributed by atoms with Crippen molar-refractivity contribution < 1.29 is 24.1 Å². The van der Waals surface area contributed by atoms with Gasteiger partial charge in [-0.3, -0.25) is 0 Å². The van der Waals surface area contributed by atoms with E-state index in [1.807, 2.05) is 19.9 Å². The summed E-state index contributed by atoms with van der Waals surface area (Å²) in [7, 11) is 0. The Hall–Kier alpha value is -3.14. The first kappa shape index (κ1) is 19.2. The summed E-state index contributed by atoms with van der Waals surface area (Å²) in [6.07, 6.45) is -0.0641. The molecule has 7 nitrogen and oxygen atoms in total.